The number of halogens is 2. The van der Waals surface area contributed by atoms with Gasteiger partial charge in [-0.1, -0.05) is 5.16 Å². The van der Waals surface area contributed by atoms with Gasteiger partial charge in [-0.05, 0) is 44.0 Å². The molecule has 0 unspecified atom stereocenters. The van der Waals surface area contributed by atoms with E-state index in [-0.39, 0.29) is 31.6 Å². The standard InChI is InChI=1S/C25H24B2F2N6O/c1-15-22(16(2)36-33-15)17-10-21-23(31-11-17)20(18-12-32-34(13-18)9-3-8-30)14-35(21)25(26,27)19-4-6-24(28,29)7-5-19/h10-14,19H,3-7,9H2,1-2H3. The third-order valence-electron chi connectivity index (χ3n) is 7.15. The van der Waals surface area contributed by atoms with Crippen LogP contribution in [-0.2, 0) is 11.9 Å². The number of fused-ring (bicyclic) bond motifs is 1. The van der Waals surface area contributed by atoms with Crippen LogP contribution in [-0.4, -0.2) is 46.1 Å². The normalized spacial score (nSPS) is 16.4. The molecule has 11 heteroatoms. The van der Waals surface area contributed by atoms with E-state index in [1.54, 1.807) is 21.6 Å². The second kappa shape index (κ2) is 8.91. The number of nitrogens with zero attached hydrogens (tertiary/aromatic N) is 6. The smallest absolute Gasteiger partial charge is 0.248 e. The summed E-state index contributed by atoms with van der Waals surface area (Å²) in [6.45, 7) is 4.15. The van der Waals surface area contributed by atoms with Gasteiger partial charge in [0.05, 0.1) is 57.7 Å². The Labute approximate surface area is 210 Å². The van der Waals surface area contributed by atoms with Crippen molar-refractivity contribution < 1.29 is 13.3 Å². The number of aryl methyl sites for hydroxylation is 3. The predicted octanol–water partition coefficient (Wildman–Crippen LogP) is 4.86. The van der Waals surface area contributed by atoms with E-state index in [4.69, 9.17) is 30.5 Å². The molecule has 0 bridgehead atoms. The first-order valence-electron chi connectivity index (χ1n) is 11.9. The minimum Gasteiger partial charge on any atom is -0.361 e. The molecular weight excluding hydrogens is 460 g/mol. The first-order chi connectivity index (χ1) is 17.1. The van der Waals surface area contributed by atoms with Crippen molar-refractivity contribution in [2.45, 2.75) is 63.8 Å². The molecule has 180 valence electrons. The molecule has 4 aromatic heterocycles. The van der Waals surface area contributed by atoms with E-state index in [1.165, 1.54) is 0 Å². The largest absolute Gasteiger partial charge is 0.361 e. The van der Waals surface area contributed by atoms with Crippen molar-refractivity contribution in [3.63, 3.8) is 0 Å². The van der Waals surface area contributed by atoms with Crippen molar-refractivity contribution in [2.24, 2.45) is 5.92 Å². The number of nitriles is 1. The molecule has 0 saturated heterocycles. The molecule has 0 atom stereocenters. The first-order valence-corrected chi connectivity index (χ1v) is 11.9. The zero-order valence-corrected chi connectivity index (χ0v) is 20.2. The van der Waals surface area contributed by atoms with Gasteiger partial charge in [0.25, 0.3) is 0 Å². The maximum atomic E-state index is 13.9. The topological polar surface area (TPSA) is 85.5 Å². The van der Waals surface area contributed by atoms with Crippen LogP contribution in [0.15, 0.2) is 35.4 Å². The average molecular weight is 484 g/mol. The van der Waals surface area contributed by atoms with Crippen LogP contribution < -0.4 is 0 Å². The Balaban J connectivity index is 1.65. The molecule has 0 N–H and O–H groups in total. The van der Waals surface area contributed by atoms with Gasteiger partial charge >= 0.3 is 0 Å². The van der Waals surface area contributed by atoms with Crippen molar-refractivity contribution in [3.8, 4) is 28.3 Å². The fraction of sp³-hybridized carbons (Fsp3) is 0.440. The summed E-state index contributed by atoms with van der Waals surface area (Å²) in [5, 5.41) is 15.9. The van der Waals surface area contributed by atoms with Crippen LogP contribution in [0.3, 0.4) is 0 Å². The van der Waals surface area contributed by atoms with Gasteiger partial charge in [0, 0.05) is 53.7 Å². The van der Waals surface area contributed by atoms with Crippen LogP contribution in [0, 0.1) is 31.1 Å². The SMILES string of the molecule is [B]C([B])(C1CCC(F)(F)CC1)n1cc(-c2cnn(CCC#N)c2)c2ncc(-c3c(C)noc3C)cc21. The number of pyridine rings is 1. The van der Waals surface area contributed by atoms with Gasteiger partial charge in [-0.2, -0.15) is 10.4 Å². The van der Waals surface area contributed by atoms with Gasteiger partial charge in [0.2, 0.25) is 5.92 Å². The van der Waals surface area contributed by atoms with Crippen LogP contribution in [0.4, 0.5) is 8.78 Å². The molecule has 4 radical (unpaired) electrons. The van der Waals surface area contributed by atoms with Crippen molar-refractivity contribution >= 4 is 26.7 Å². The lowest BCUT2D eigenvalue weighted by Gasteiger charge is -2.42. The maximum Gasteiger partial charge on any atom is 0.248 e. The Morgan fingerprint density at radius 2 is 1.94 bits per heavy atom. The minimum atomic E-state index is -2.69. The van der Waals surface area contributed by atoms with Crippen LogP contribution in [0.1, 0.15) is 43.6 Å². The Bertz CT molecular complexity index is 1440. The molecule has 36 heavy (non-hydrogen) atoms. The highest BCUT2D eigenvalue weighted by molar-refractivity contribution is 6.38. The highest BCUT2D eigenvalue weighted by Gasteiger charge is 2.41. The number of aromatic nitrogens is 5. The highest BCUT2D eigenvalue weighted by Crippen LogP contribution is 2.43. The Hall–Kier alpha value is -3.41. The van der Waals surface area contributed by atoms with E-state index < -0.39 is 11.3 Å². The minimum absolute atomic E-state index is 0.220. The zero-order valence-electron chi connectivity index (χ0n) is 20.2. The van der Waals surface area contributed by atoms with E-state index in [0.717, 1.165) is 27.9 Å². The lowest BCUT2D eigenvalue weighted by molar-refractivity contribution is -0.0498. The van der Waals surface area contributed by atoms with Crippen molar-refractivity contribution in [2.75, 3.05) is 0 Å². The molecule has 1 aliphatic carbocycles. The zero-order chi connectivity index (χ0) is 25.7. The summed E-state index contributed by atoms with van der Waals surface area (Å²) in [6.07, 6.45) is 7.42. The van der Waals surface area contributed by atoms with E-state index in [2.05, 4.69) is 16.3 Å². The molecular formula is C25H24B2F2N6O. The van der Waals surface area contributed by atoms with E-state index in [1.807, 2.05) is 32.3 Å². The third-order valence-corrected chi connectivity index (χ3v) is 7.15. The second-order valence-electron chi connectivity index (χ2n) is 9.62. The summed E-state index contributed by atoms with van der Waals surface area (Å²) < 4.78 is 36.6. The fourth-order valence-corrected chi connectivity index (χ4v) is 5.16. The molecule has 4 aromatic rings. The lowest BCUT2D eigenvalue weighted by Crippen LogP contribution is -2.45. The maximum absolute atomic E-state index is 13.9. The Morgan fingerprint density at radius 3 is 2.61 bits per heavy atom. The van der Waals surface area contributed by atoms with Crippen LogP contribution >= 0.6 is 0 Å². The summed E-state index contributed by atoms with van der Waals surface area (Å²) >= 11 is 0. The fourth-order valence-electron chi connectivity index (χ4n) is 5.16. The van der Waals surface area contributed by atoms with E-state index in [0.29, 0.717) is 29.8 Å². The lowest BCUT2D eigenvalue weighted by atomic mass is 9.52. The summed E-state index contributed by atoms with van der Waals surface area (Å²) in [5.74, 6) is -2.37. The summed E-state index contributed by atoms with van der Waals surface area (Å²) in [7, 11) is 13.5. The number of hydrogen-bond donors (Lipinski definition) is 0. The molecule has 1 saturated carbocycles. The molecule has 0 amide bonds. The molecule has 5 rings (SSSR count). The summed E-state index contributed by atoms with van der Waals surface area (Å²) in [5.41, 5.74) is 5.24. The van der Waals surface area contributed by atoms with Crippen molar-refractivity contribution in [1.29, 1.82) is 5.26 Å². The first kappa shape index (κ1) is 24.3. The summed E-state index contributed by atoms with van der Waals surface area (Å²) in [6, 6.07) is 4.05. The average Bonchev–Trinajstić information content (AvgIpc) is 3.54. The van der Waals surface area contributed by atoms with Crippen LogP contribution in [0.5, 0.6) is 0 Å². The third kappa shape index (κ3) is 4.23. The quantitative estimate of drug-likeness (QED) is 0.365. The van der Waals surface area contributed by atoms with Gasteiger partial charge in [0.15, 0.2) is 0 Å². The van der Waals surface area contributed by atoms with Gasteiger partial charge < -0.3 is 9.09 Å². The molecule has 0 aliphatic heterocycles. The molecule has 1 aliphatic rings. The van der Waals surface area contributed by atoms with Crippen molar-refractivity contribution in [3.05, 3.63) is 42.3 Å². The van der Waals surface area contributed by atoms with Gasteiger partial charge in [-0.25, -0.2) is 8.78 Å². The Kier molecular flexibility index (Phi) is 6.01. The number of hydrogen-bond acceptors (Lipinski definition) is 5. The predicted molar refractivity (Wildman–Crippen MR) is 133 cm³/mol. The van der Waals surface area contributed by atoms with Gasteiger partial charge in [0.1, 0.15) is 5.76 Å². The van der Waals surface area contributed by atoms with E-state index >= 15 is 0 Å². The van der Waals surface area contributed by atoms with Crippen LogP contribution in [0.25, 0.3) is 33.3 Å². The second-order valence-corrected chi connectivity index (χ2v) is 9.62. The van der Waals surface area contributed by atoms with Gasteiger partial charge in [-0.3, -0.25) is 9.67 Å². The molecule has 0 spiro atoms. The number of rotatable bonds is 6. The van der Waals surface area contributed by atoms with Crippen molar-refractivity contribution in [1.82, 2.24) is 24.5 Å². The number of alkyl halides is 2. The molecule has 7 nitrogen and oxygen atoms in total. The molecule has 4 heterocycles. The summed E-state index contributed by atoms with van der Waals surface area (Å²) in [4.78, 5) is 4.76. The van der Waals surface area contributed by atoms with E-state index in [9.17, 15) is 8.78 Å². The highest BCUT2D eigenvalue weighted by atomic mass is 19.3. The monoisotopic (exact) mass is 484 g/mol. The van der Waals surface area contributed by atoms with Crippen LogP contribution in [0.2, 0.25) is 0 Å². The molecule has 1 fully saturated rings. The van der Waals surface area contributed by atoms with Gasteiger partial charge in [-0.15, -0.1) is 0 Å². The molecule has 0 aromatic carbocycles. The Morgan fingerprint density at radius 1 is 1.19 bits per heavy atom.